The summed E-state index contributed by atoms with van der Waals surface area (Å²) in [6.45, 7) is 1.06. The van der Waals surface area contributed by atoms with Gasteiger partial charge in [-0.1, -0.05) is 43.2 Å². The van der Waals surface area contributed by atoms with E-state index in [2.05, 4.69) is 10.3 Å². The zero-order valence-electron chi connectivity index (χ0n) is 15.4. The first-order valence-electron chi connectivity index (χ1n) is 9.77. The van der Waals surface area contributed by atoms with E-state index >= 15 is 0 Å². The molecule has 1 saturated carbocycles. The number of rotatable bonds is 5. The Labute approximate surface area is 163 Å². The highest BCUT2D eigenvalue weighted by molar-refractivity contribution is 7.10. The normalized spacial score (nSPS) is 20.8. The summed E-state index contributed by atoms with van der Waals surface area (Å²) in [5.74, 6) is 0.175. The third kappa shape index (κ3) is 4.05. The Kier molecular flexibility index (Phi) is 5.53. The molecule has 1 atom stereocenters. The SMILES string of the molecule is O=C(NCc1scnc1-c1ccccc1)[C@@H]1CCC(=O)N(C2CCCC2)C1. The van der Waals surface area contributed by atoms with Crippen molar-refractivity contribution in [2.45, 2.75) is 51.1 Å². The van der Waals surface area contributed by atoms with Gasteiger partial charge in [0.15, 0.2) is 0 Å². The summed E-state index contributed by atoms with van der Waals surface area (Å²) < 4.78 is 0. The molecule has 0 spiro atoms. The molecule has 0 unspecified atom stereocenters. The molecule has 0 radical (unpaired) electrons. The average Bonchev–Trinajstić information content (AvgIpc) is 3.39. The predicted octanol–water partition coefficient (Wildman–Crippen LogP) is 3.61. The summed E-state index contributed by atoms with van der Waals surface area (Å²) in [5.41, 5.74) is 3.83. The van der Waals surface area contributed by atoms with Gasteiger partial charge in [0.2, 0.25) is 11.8 Å². The molecule has 2 amide bonds. The second-order valence-corrected chi connectivity index (χ2v) is 8.37. The molecule has 1 N–H and O–H groups in total. The number of likely N-dealkylation sites (tertiary alicyclic amines) is 1. The van der Waals surface area contributed by atoms with E-state index in [1.165, 1.54) is 12.8 Å². The molecule has 1 aliphatic carbocycles. The minimum Gasteiger partial charge on any atom is -0.351 e. The molecule has 4 rings (SSSR count). The van der Waals surface area contributed by atoms with Crippen molar-refractivity contribution in [3.8, 4) is 11.3 Å². The number of hydrogen-bond donors (Lipinski definition) is 1. The first-order chi connectivity index (χ1) is 13.2. The molecule has 1 saturated heterocycles. The van der Waals surface area contributed by atoms with Crippen LogP contribution in [0.4, 0.5) is 0 Å². The molecule has 142 valence electrons. The highest BCUT2D eigenvalue weighted by Crippen LogP contribution is 2.29. The second kappa shape index (κ2) is 8.21. The highest BCUT2D eigenvalue weighted by atomic mass is 32.1. The van der Waals surface area contributed by atoms with Crippen molar-refractivity contribution in [1.29, 1.82) is 0 Å². The van der Waals surface area contributed by atoms with Crippen LogP contribution in [-0.2, 0) is 16.1 Å². The predicted molar refractivity (Wildman–Crippen MR) is 106 cm³/mol. The lowest BCUT2D eigenvalue weighted by molar-refractivity contribution is -0.140. The molecule has 5 nitrogen and oxygen atoms in total. The minimum atomic E-state index is -0.101. The summed E-state index contributed by atoms with van der Waals surface area (Å²) in [6.07, 6.45) is 5.70. The molecule has 2 heterocycles. The van der Waals surface area contributed by atoms with E-state index in [9.17, 15) is 9.59 Å². The Hall–Kier alpha value is -2.21. The Morgan fingerprint density at radius 2 is 1.96 bits per heavy atom. The maximum Gasteiger partial charge on any atom is 0.225 e. The molecule has 1 aromatic carbocycles. The monoisotopic (exact) mass is 383 g/mol. The fourth-order valence-corrected chi connectivity index (χ4v) is 4.92. The van der Waals surface area contributed by atoms with Crippen LogP contribution in [0.3, 0.4) is 0 Å². The van der Waals surface area contributed by atoms with Gasteiger partial charge >= 0.3 is 0 Å². The lowest BCUT2D eigenvalue weighted by atomic mass is 9.95. The van der Waals surface area contributed by atoms with Gasteiger partial charge in [-0.3, -0.25) is 9.59 Å². The molecular weight excluding hydrogens is 358 g/mol. The molecular formula is C21H25N3O2S. The summed E-state index contributed by atoms with van der Waals surface area (Å²) in [4.78, 5) is 32.5. The Bertz CT molecular complexity index is 799. The van der Waals surface area contributed by atoms with Gasteiger partial charge in [0.05, 0.1) is 28.5 Å². The van der Waals surface area contributed by atoms with Crippen LogP contribution in [0, 0.1) is 5.92 Å². The van der Waals surface area contributed by atoms with E-state index in [1.807, 2.05) is 40.7 Å². The van der Waals surface area contributed by atoms with Crippen LogP contribution in [0.25, 0.3) is 11.3 Å². The number of benzene rings is 1. The van der Waals surface area contributed by atoms with Gasteiger partial charge in [-0.05, 0) is 19.3 Å². The lowest BCUT2D eigenvalue weighted by Crippen LogP contribution is -2.49. The summed E-state index contributed by atoms with van der Waals surface area (Å²) in [7, 11) is 0. The second-order valence-electron chi connectivity index (χ2n) is 7.43. The van der Waals surface area contributed by atoms with Crippen LogP contribution in [0.5, 0.6) is 0 Å². The Balaban J connectivity index is 1.37. The van der Waals surface area contributed by atoms with Crippen molar-refractivity contribution in [2.24, 2.45) is 5.92 Å². The van der Waals surface area contributed by atoms with E-state index in [1.54, 1.807) is 11.3 Å². The van der Waals surface area contributed by atoms with Crippen molar-refractivity contribution in [2.75, 3.05) is 6.54 Å². The molecule has 27 heavy (non-hydrogen) atoms. The number of carbonyl (C=O) groups is 2. The van der Waals surface area contributed by atoms with E-state index in [4.69, 9.17) is 0 Å². The van der Waals surface area contributed by atoms with Crippen LogP contribution in [0.1, 0.15) is 43.4 Å². The van der Waals surface area contributed by atoms with E-state index in [-0.39, 0.29) is 17.7 Å². The number of carbonyl (C=O) groups excluding carboxylic acids is 2. The first-order valence-corrected chi connectivity index (χ1v) is 10.7. The lowest BCUT2D eigenvalue weighted by Gasteiger charge is -2.36. The maximum atomic E-state index is 12.7. The van der Waals surface area contributed by atoms with Gasteiger partial charge in [-0.2, -0.15) is 0 Å². The Morgan fingerprint density at radius 1 is 1.19 bits per heavy atom. The van der Waals surface area contributed by atoms with Crippen molar-refractivity contribution < 1.29 is 9.59 Å². The number of piperidine rings is 1. The summed E-state index contributed by atoms with van der Waals surface area (Å²) >= 11 is 1.56. The smallest absolute Gasteiger partial charge is 0.225 e. The molecule has 1 aliphatic heterocycles. The third-order valence-electron chi connectivity index (χ3n) is 5.69. The number of nitrogens with zero attached hydrogens (tertiary/aromatic N) is 2. The number of aromatic nitrogens is 1. The maximum absolute atomic E-state index is 12.7. The molecule has 2 aromatic rings. The fourth-order valence-electron chi connectivity index (χ4n) is 4.19. The Morgan fingerprint density at radius 3 is 2.74 bits per heavy atom. The zero-order valence-corrected chi connectivity index (χ0v) is 16.2. The number of nitrogens with one attached hydrogen (secondary N) is 1. The molecule has 2 aliphatic rings. The van der Waals surface area contributed by atoms with Crippen molar-refractivity contribution >= 4 is 23.2 Å². The fraction of sp³-hybridized carbons (Fsp3) is 0.476. The summed E-state index contributed by atoms with van der Waals surface area (Å²) in [6, 6.07) is 10.4. The number of thiazole rings is 1. The molecule has 1 aromatic heterocycles. The van der Waals surface area contributed by atoms with E-state index < -0.39 is 0 Å². The largest absolute Gasteiger partial charge is 0.351 e. The van der Waals surface area contributed by atoms with Crippen LogP contribution < -0.4 is 5.32 Å². The average molecular weight is 384 g/mol. The standard InChI is InChI=1S/C21H25N3O2S/c25-19-11-10-16(13-24(19)17-8-4-5-9-17)21(26)22-12-18-20(23-14-27-18)15-6-2-1-3-7-15/h1-3,6-7,14,16-17H,4-5,8-13H2,(H,22,26)/t16-/m1/s1. The summed E-state index contributed by atoms with van der Waals surface area (Å²) in [5, 5.41) is 3.08. The van der Waals surface area contributed by atoms with Crippen molar-refractivity contribution in [1.82, 2.24) is 15.2 Å². The van der Waals surface area contributed by atoms with Gasteiger partial charge in [-0.25, -0.2) is 4.98 Å². The van der Waals surface area contributed by atoms with E-state index in [0.29, 0.717) is 32.0 Å². The van der Waals surface area contributed by atoms with Crippen LogP contribution >= 0.6 is 11.3 Å². The molecule has 0 bridgehead atoms. The van der Waals surface area contributed by atoms with Crippen LogP contribution in [-0.4, -0.2) is 34.3 Å². The topological polar surface area (TPSA) is 62.3 Å². The van der Waals surface area contributed by atoms with Crippen LogP contribution in [0.15, 0.2) is 35.8 Å². The van der Waals surface area contributed by atoms with E-state index in [0.717, 1.165) is 29.0 Å². The van der Waals surface area contributed by atoms with Gasteiger partial charge in [0.1, 0.15) is 0 Å². The van der Waals surface area contributed by atoms with Gasteiger partial charge in [0.25, 0.3) is 0 Å². The molecule has 2 fully saturated rings. The number of hydrogen-bond acceptors (Lipinski definition) is 4. The van der Waals surface area contributed by atoms with Crippen molar-refractivity contribution in [3.63, 3.8) is 0 Å². The highest BCUT2D eigenvalue weighted by Gasteiger charge is 2.35. The first kappa shape index (κ1) is 18.2. The van der Waals surface area contributed by atoms with Crippen LogP contribution in [0.2, 0.25) is 0 Å². The van der Waals surface area contributed by atoms with Gasteiger partial charge in [0, 0.05) is 24.6 Å². The van der Waals surface area contributed by atoms with Gasteiger partial charge in [-0.15, -0.1) is 11.3 Å². The number of amides is 2. The zero-order chi connectivity index (χ0) is 18.6. The van der Waals surface area contributed by atoms with Crippen molar-refractivity contribution in [3.05, 3.63) is 40.7 Å². The molecule has 6 heteroatoms. The quantitative estimate of drug-likeness (QED) is 0.858. The van der Waals surface area contributed by atoms with Gasteiger partial charge < -0.3 is 10.2 Å². The minimum absolute atomic E-state index is 0.0536. The third-order valence-corrected chi connectivity index (χ3v) is 6.52.